The van der Waals surface area contributed by atoms with Crippen LogP contribution in [-0.4, -0.2) is 17.6 Å². The first kappa shape index (κ1) is 19.6. The van der Waals surface area contributed by atoms with E-state index in [0.29, 0.717) is 11.4 Å². The fraction of sp³-hybridized carbons (Fsp3) is 0.143. The Morgan fingerprint density at radius 1 is 1.21 bits per heavy atom. The number of ether oxygens (including phenoxy) is 1. The van der Waals surface area contributed by atoms with E-state index in [2.05, 4.69) is 5.32 Å². The SMILES string of the molecule is COc1ccc(C)cc1NC(=O)c1cccn(Cc2c(F)cccc2Cl)c1=O. The van der Waals surface area contributed by atoms with Crippen molar-refractivity contribution in [3.05, 3.63) is 92.6 Å². The van der Waals surface area contributed by atoms with Crippen LogP contribution in [0.4, 0.5) is 10.1 Å². The molecule has 5 nitrogen and oxygen atoms in total. The fourth-order valence-corrected chi connectivity index (χ4v) is 3.02. The number of hydrogen-bond donors (Lipinski definition) is 1. The third-order valence-electron chi connectivity index (χ3n) is 4.26. The molecule has 0 aliphatic rings. The largest absolute Gasteiger partial charge is 0.495 e. The molecule has 28 heavy (non-hydrogen) atoms. The van der Waals surface area contributed by atoms with Crippen molar-refractivity contribution in [2.75, 3.05) is 12.4 Å². The Bertz CT molecular complexity index is 1070. The summed E-state index contributed by atoms with van der Waals surface area (Å²) < 4.78 is 20.5. The third kappa shape index (κ3) is 4.07. The van der Waals surface area contributed by atoms with Gasteiger partial charge in [-0.15, -0.1) is 0 Å². The topological polar surface area (TPSA) is 60.3 Å². The Kier molecular flexibility index (Phi) is 5.80. The summed E-state index contributed by atoms with van der Waals surface area (Å²) in [5.74, 6) is -0.616. The van der Waals surface area contributed by atoms with Crippen LogP contribution in [0.2, 0.25) is 5.02 Å². The lowest BCUT2D eigenvalue weighted by molar-refractivity contribution is 0.102. The van der Waals surface area contributed by atoms with Gasteiger partial charge in [-0.2, -0.15) is 0 Å². The van der Waals surface area contributed by atoms with Crippen LogP contribution < -0.4 is 15.6 Å². The molecule has 0 aliphatic carbocycles. The van der Waals surface area contributed by atoms with E-state index in [1.165, 1.54) is 36.1 Å². The highest BCUT2D eigenvalue weighted by molar-refractivity contribution is 6.31. The van der Waals surface area contributed by atoms with Gasteiger partial charge in [0.1, 0.15) is 17.1 Å². The Balaban J connectivity index is 1.92. The van der Waals surface area contributed by atoms with Crippen molar-refractivity contribution in [1.82, 2.24) is 4.57 Å². The number of rotatable bonds is 5. The predicted molar refractivity (Wildman–Crippen MR) is 107 cm³/mol. The molecule has 1 amide bonds. The lowest BCUT2D eigenvalue weighted by atomic mass is 10.1. The maximum absolute atomic E-state index is 14.0. The Hall–Kier alpha value is -3.12. The number of nitrogens with zero attached hydrogens (tertiary/aromatic N) is 1. The molecule has 0 aliphatic heterocycles. The second kappa shape index (κ2) is 8.27. The minimum absolute atomic E-state index is 0.0708. The summed E-state index contributed by atoms with van der Waals surface area (Å²) in [6, 6.07) is 12.6. The molecule has 0 fully saturated rings. The van der Waals surface area contributed by atoms with E-state index in [1.807, 2.05) is 13.0 Å². The second-order valence-electron chi connectivity index (χ2n) is 6.21. The first-order valence-corrected chi connectivity index (χ1v) is 8.87. The Labute approximate surface area is 166 Å². The van der Waals surface area contributed by atoms with Gasteiger partial charge in [-0.25, -0.2) is 4.39 Å². The molecule has 2 aromatic carbocycles. The number of carbonyl (C=O) groups is 1. The molecule has 0 saturated carbocycles. The number of methoxy groups -OCH3 is 1. The van der Waals surface area contributed by atoms with Gasteiger partial charge in [0, 0.05) is 16.8 Å². The third-order valence-corrected chi connectivity index (χ3v) is 4.61. The van der Waals surface area contributed by atoms with Gasteiger partial charge < -0.3 is 14.6 Å². The number of hydrogen-bond acceptors (Lipinski definition) is 3. The van der Waals surface area contributed by atoms with Crippen LogP contribution in [-0.2, 0) is 6.54 Å². The van der Waals surface area contributed by atoms with Crippen LogP contribution in [0.3, 0.4) is 0 Å². The number of amides is 1. The number of anilines is 1. The number of benzene rings is 2. The fourth-order valence-electron chi connectivity index (χ4n) is 2.80. The zero-order valence-electron chi connectivity index (χ0n) is 15.3. The van der Waals surface area contributed by atoms with Gasteiger partial charge in [-0.3, -0.25) is 9.59 Å². The minimum Gasteiger partial charge on any atom is -0.495 e. The Morgan fingerprint density at radius 3 is 2.71 bits per heavy atom. The van der Waals surface area contributed by atoms with Gasteiger partial charge in [0.2, 0.25) is 0 Å². The van der Waals surface area contributed by atoms with Crippen LogP contribution in [0.1, 0.15) is 21.5 Å². The minimum atomic E-state index is -0.581. The molecular weight excluding hydrogens is 383 g/mol. The average Bonchev–Trinajstić information content (AvgIpc) is 2.66. The van der Waals surface area contributed by atoms with Crippen LogP contribution in [0.5, 0.6) is 5.75 Å². The first-order chi connectivity index (χ1) is 13.4. The highest BCUT2D eigenvalue weighted by Gasteiger charge is 2.16. The van der Waals surface area contributed by atoms with E-state index in [1.54, 1.807) is 24.3 Å². The van der Waals surface area contributed by atoms with Crippen molar-refractivity contribution >= 4 is 23.2 Å². The first-order valence-electron chi connectivity index (χ1n) is 8.49. The van der Waals surface area contributed by atoms with Crippen molar-refractivity contribution in [2.45, 2.75) is 13.5 Å². The number of halogens is 2. The van der Waals surface area contributed by atoms with Crippen LogP contribution in [0, 0.1) is 12.7 Å². The van der Waals surface area contributed by atoms with Crippen molar-refractivity contribution < 1.29 is 13.9 Å². The molecule has 0 bridgehead atoms. The molecule has 3 aromatic rings. The predicted octanol–water partition coefficient (Wildman–Crippen LogP) is 4.26. The molecule has 0 saturated heterocycles. The average molecular weight is 401 g/mol. The number of nitrogens with one attached hydrogen (secondary N) is 1. The molecule has 0 unspecified atom stereocenters. The van der Waals surface area contributed by atoms with Gasteiger partial charge in [0.15, 0.2) is 0 Å². The summed E-state index contributed by atoms with van der Waals surface area (Å²) in [4.78, 5) is 25.4. The summed E-state index contributed by atoms with van der Waals surface area (Å²) >= 11 is 6.04. The van der Waals surface area contributed by atoms with Crippen molar-refractivity contribution in [1.29, 1.82) is 0 Å². The van der Waals surface area contributed by atoms with Gasteiger partial charge >= 0.3 is 0 Å². The van der Waals surface area contributed by atoms with E-state index >= 15 is 0 Å². The van der Waals surface area contributed by atoms with Crippen molar-refractivity contribution in [3.63, 3.8) is 0 Å². The van der Waals surface area contributed by atoms with E-state index in [4.69, 9.17) is 16.3 Å². The Morgan fingerprint density at radius 2 is 2.00 bits per heavy atom. The van der Waals surface area contributed by atoms with Crippen LogP contribution >= 0.6 is 11.6 Å². The zero-order chi connectivity index (χ0) is 20.3. The lowest BCUT2D eigenvalue weighted by Crippen LogP contribution is -2.29. The van der Waals surface area contributed by atoms with E-state index in [0.717, 1.165) is 5.56 Å². The van der Waals surface area contributed by atoms with Gasteiger partial charge in [-0.05, 0) is 48.9 Å². The van der Waals surface area contributed by atoms with Crippen molar-refractivity contribution in [2.24, 2.45) is 0 Å². The highest BCUT2D eigenvalue weighted by atomic mass is 35.5. The molecule has 0 atom stereocenters. The number of aryl methyl sites for hydroxylation is 1. The van der Waals surface area contributed by atoms with Crippen LogP contribution in [0.15, 0.2) is 59.5 Å². The number of carbonyl (C=O) groups excluding carboxylic acids is 1. The van der Waals surface area contributed by atoms with Gasteiger partial charge in [-0.1, -0.05) is 23.7 Å². The maximum atomic E-state index is 14.0. The molecule has 0 spiro atoms. The number of aromatic nitrogens is 1. The van der Waals surface area contributed by atoms with E-state index < -0.39 is 17.3 Å². The highest BCUT2D eigenvalue weighted by Crippen LogP contribution is 2.25. The summed E-state index contributed by atoms with van der Waals surface area (Å²) in [5.41, 5.74) is 0.948. The van der Waals surface area contributed by atoms with Gasteiger partial charge in [0.05, 0.1) is 19.3 Å². The summed E-state index contributed by atoms with van der Waals surface area (Å²) in [6.45, 7) is 1.79. The van der Waals surface area contributed by atoms with Crippen LogP contribution in [0.25, 0.3) is 0 Å². The van der Waals surface area contributed by atoms with Gasteiger partial charge in [0.25, 0.3) is 11.5 Å². The van der Waals surface area contributed by atoms with E-state index in [-0.39, 0.29) is 22.7 Å². The second-order valence-corrected chi connectivity index (χ2v) is 6.62. The molecule has 7 heteroatoms. The number of pyridine rings is 1. The molecule has 1 heterocycles. The monoisotopic (exact) mass is 400 g/mol. The maximum Gasteiger partial charge on any atom is 0.263 e. The molecule has 144 valence electrons. The molecular formula is C21H18ClFN2O3. The lowest BCUT2D eigenvalue weighted by Gasteiger charge is -2.12. The zero-order valence-corrected chi connectivity index (χ0v) is 16.1. The van der Waals surface area contributed by atoms with E-state index in [9.17, 15) is 14.0 Å². The molecule has 0 radical (unpaired) electrons. The summed E-state index contributed by atoms with van der Waals surface area (Å²) in [6.07, 6.45) is 1.48. The molecule has 1 N–H and O–H groups in total. The summed E-state index contributed by atoms with van der Waals surface area (Å²) in [5, 5.41) is 2.91. The quantitative estimate of drug-likeness (QED) is 0.696. The molecule has 3 rings (SSSR count). The summed E-state index contributed by atoms with van der Waals surface area (Å²) in [7, 11) is 1.49. The normalized spacial score (nSPS) is 10.6. The van der Waals surface area contributed by atoms with Crippen molar-refractivity contribution in [3.8, 4) is 5.75 Å². The standard InChI is InChI=1S/C21H18ClFN2O3/c1-13-8-9-19(28-2)18(11-13)24-20(26)14-5-4-10-25(21(14)27)12-15-16(22)6-3-7-17(15)23/h3-11H,12H2,1-2H3,(H,24,26). The smallest absolute Gasteiger partial charge is 0.263 e. The molecule has 1 aromatic heterocycles.